The highest BCUT2D eigenvalue weighted by molar-refractivity contribution is 5.46. The fourth-order valence-electron chi connectivity index (χ4n) is 3.88. The lowest BCUT2D eigenvalue weighted by Crippen LogP contribution is -2.33. The molecule has 0 saturated heterocycles. The second kappa shape index (κ2) is 8.50. The Balaban J connectivity index is 2.24. The molecule has 0 amide bonds. The van der Waals surface area contributed by atoms with Crippen molar-refractivity contribution in [2.75, 3.05) is 0 Å². The summed E-state index contributed by atoms with van der Waals surface area (Å²) in [6, 6.07) is 34.0. The normalized spacial score (nSPS) is 13.1. The van der Waals surface area contributed by atoms with Gasteiger partial charge in [-0.3, -0.25) is 0 Å². The van der Waals surface area contributed by atoms with Crippen molar-refractivity contribution in [1.82, 2.24) is 0 Å². The number of rotatable bonds is 7. The number of nitrogens with zero attached hydrogens (tertiary/aromatic N) is 1. The summed E-state index contributed by atoms with van der Waals surface area (Å²) in [5.41, 5.74) is 2.91. The van der Waals surface area contributed by atoms with Gasteiger partial charge in [-0.25, -0.2) is 0 Å². The molecule has 0 aromatic heterocycles. The molecule has 1 nitrogen and oxygen atoms in total. The lowest BCUT2D eigenvalue weighted by Gasteiger charge is -2.36. The van der Waals surface area contributed by atoms with Crippen molar-refractivity contribution in [3.05, 3.63) is 108 Å². The van der Waals surface area contributed by atoms with Gasteiger partial charge >= 0.3 is 0 Å². The van der Waals surface area contributed by atoms with Crippen molar-refractivity contribution in [3.8, 4) is 6.07 Å². The van der Waals surface area contributed by atoms with Crippen LogP contribution in [0.25, 0.3) is 0 Å². The van der Waals surface area contributed by atoms with Crippen LogP contribution in [0.15, 0.2) is 91.0 Å². The maximum Gasteiger partial charge on any atom is 0.0931 e. The predicted octanol–water partition coefficient (Wildman–Crippen LogP) is 6.47. The van der Waals surface area contributed by atoms with Crippen LogP contribution >= 0.6 is 0 Å². The Kier molecular flexibility index (Phi) is 5.87. The lowest BCUT2D eigenvalue weighted by molar-refractivity contribution is 0.429. The Hall–Kier alpha value is -2.85. The summed E-state index contributed by atoms with van der Waals surface area (Å²) in [6.07, 6.45) is 2.95. The number of nitriles is 1. The van der Waals surface area contributed by atoms with E-state index in [1.165, 1.54) is 11.1 Å². The van der Waals surface area contributed by atoms with Crippen molar-refractivity contribution in [1.29, 1.82) is 5.26 Å². The molecule has 3 rings (SSSR count). The van der Waals surface area contributed by atoms with Crippen LogP contribution in [0.3, 0.4) is 0 Å². The minimum absolute atomic E-state index is 0.00356. The summed E-state index contributed by atoms with van der Waals surface area (Å²) < 4.78 is 0. The van der Waals surface area contributed by atoms with Crippen molar-refractivity contribution in [2.45, 2.75) is 37.5 Å². The molecule has 0 radical (unpaired) electrons. The van der Waals surface area contributed by atoms with E-state index < -0.39 is 5.41 Å². The number of hydrogen-bond donors (Lipinski definition) is 0. The Morgan fingerprint density at radius 2 is 1.23 bits per heavy atom. The Morgan fingerprint density at radius 1 is 0.769 bits per heavy atom. The number of benzene rings is 3. The van der Waals surface area contributed by atoms with Crippen LogP contribution in [-0.2, 0) is 5.41 Å². The second-order valence-corrected chi connectivity index (χ2v) is 6.81. The highest BCUT2D eigenvalue weighted by atomic mass is 14.5. The molecule has 0 fully saturated rings. The first-order valence-electron chi connectivity index (χ1n) is 9.38. The molecular weight excluding hydrogens is 314 g/mol. The molecule has 0 bridgehead atoms. The third-order valence-corrected chi connectivity index (χ3v) is 5.17. The van der Waals surface area contributed by atoms with Crippen molar-refractivity contribution in [3.63, 3.8) is 0 Å². The first kappa shape index (κ1) is 18.0. The van der Waals surface area contributed by atoms with Gasteiger partial charge in [0.15, 0.2) is 0 Å². The van der Waals surface area contributed by atoms with Gasteiger partial charge in [0.1, 0.15) is 0 Å². The molecule has 0 aliphatic heterocycles. The molecule has 3 aromatic rings. The second-order valence-electron chi connectivity index (χ2n) is 6.81. The maximum atomic E-state index is 10.5. The minimum Gasteiger partial charge on any atom is -0.197 e. The zero-order valence-electron chi connectivity index (χ0n) is 15.3. The smallest absolute Gasteiger partial charge is 0.0931 e. The third-order valence-electron chi connectivity index (χ3n) is 5.17. The Morgan fingerprint density at radius 3 is 1.65 bits per heavy atom. The molecule has 3 aromatic carbocycles. The van der Waals surface area contributed by atoms with E-state index in [1.807, 2.05) is 30.3 Å². The molecule has 0 N–H and O–H groups in total. The van der Waals surface area contributed by atoms with Crippen LogP contribution in [0.5, 0.6) is 0 Å². The quantitative estimate of drug-likeness (QED) is 0.484. The van der Waals surface area contributed by atoms with E-state index in [2.05, 4.69) is 73.7 Å². The fraction of sp³-hybridized carbons (Fsp3) is 0.240. The highest BCUT2D eigenvalue weighted by Crippen LogP contribution is 2.46. The Bertz CT molecular complexity index is 794. The Labute approximate surface area is 156 Å². The van der Waals surface area contributed by atoms with E-state index in [1.54, 1.807) is 0 Å². The van der Waals surface area contributed by atoms with E-state index in [0.29, 0.717) is 0 Å². The van der Waals surface area contributed by atoms with Gasteiger partial charge in [-0.1, -0.05) is 111 Å². The van der Waals surface area contributed by atoms with E-state index in [-0.39, 0.29) is 5.92 Å². The van der Waals surface area contributed by atoms with Gasteiger partial charge in [0.05, 0.1) is 11.5 Å². The minimum atomic E-state index is -0.583. The van der Waals surface area contributed by atoms with Crippen LogP contribution in [0.4, 0.5) is 0 Å². The average molecular weight is 339 g/mol. The molecular formula is C25H25N. The molecule has 130 valence electrons. The summed E-state index contributed by atoms with van der Waals surface area (Å²) in [5, 5.41) is 10.5. The van der Waals surface area contributed by atoms with Crippen LogP contribution < -0.4 is 0 Å². The van der Waals surface area contributed by atoms with Gasteiger partial charge in [-0.15, -0.1) is 0 Å². The third kappa shape index (κ3) is 3.55. The van der Waals surface area contributed by atoms with Gasteiger partial charge in [0.2, 0.25) is 0 Å². The first-order chi connectivity index (χ1) is 12.8. The van der Waals surface area contributed by atoms with E-state index in [0.717, 1.165) is 24.8 Å². The van der Waals surface area contributed by atoms with Gasteiger partial charge < -0.3 is 0 Å². The number of unbranched alkanes of at least 4 members (excludes halogenated alkanes) is 1. The summed E-state index contributed by atoms with van der Waals surface area (Å²) >= 11 is 0. The number of hydrogen-bond acceptors (Lipinski definition) is 1. The van der Waals surface area contributed by atoms with Gasteiger partial charge in [-0.2, -0.15) is 5.26 Å². The summed E-state index contributed by atoms with van der Waals surface area (Å²) in [4.78, 5) is 0. The van der Waals surface area contributed by atoms with Crippen LogP contribution in [0.2, 0.25) is 0 Å². The molecule has 0 heterocycles. The molecule has 0 saturated carbocycles. The zero-order valence-corrected chi connectivity index (χ0v) is 15.3. The van der Waals surface area contributed by atoms with E-state index in [4.69, 9.17) is 0 Å². The van der Waals surface area contributed by atoms with Gasteiger partial charge in [0.25, 0.3) is 0 Å². The van der Waals surface area contributed by atoms with Crippen molar-refractivity contribution < 1.29 is 0 Å². The van der Waals surface area contributed by atoms with Crippen LogP contribution in [-0.4, -0.2) is 0 Å². The highest BCUT2D eigenvalue weighted by Gasteiger charge is 2.42. The molecule has 1 atom stereocenters. The zero-order chi connectivity index (χ0) is 18.2. The monoisotopic (exact) mass is 339 g/mol. The SMILES string of the molecule is CCCC[C@](C#N)(c1ccccc1)C(c1ccccc1)c1ccccc1. The summed E-state index contributed by atoms with van der Waals surface area (Å²) in [6.45, 7) is 2.19. The topological polar surface area (TPSA) is 23.8 Å². The van der Waals surface area contributed by atoms with Gasteiger partial charge in [0, 0.05) is 5.92 Å². The largest absolute Gasteiger partial charge is 0.197 e. The van der Waals surface area contributed by atoms with E-state index >= 15 is 0 Å². The molecule has 0 aliphatic rings. The summed E-state index contributed by atoms with van der Waals surface area (Å²) in [7, 11) is 0. The van der Waals surface area contributed by atoms with Gasteiger partial charge in [-0.05, 0) is 23.1 Å². The van der Waals surface area contributed by atoms with Crippen molar-refractivity contribution in [2.24, 2.45) is 0 Å². The maximum absolute atomic E-state index is 10.5. The molecule has 1 heteroatoms. The predicted molar refractivity (Wildman–Crippen MR) is 108 cm³/mol. The summed E-state index contributed by atoms with van der Waals surface area (Å²) in [5.74, 6) is 0.00356. The van der Waals surface area contributed by atoms with Crippen molar-refractivity contribution >= 4 is 0 Å². The standard InChI is InChI=1S/C25H25N/c1-2-3-19-25(20-26,23-17-11-6-12-18-23)24(21-13-7-4-8-14-21)22-15-9-5-10-16-22/h4-18,24H,2-3,19H2,1H3/t25-/m0/s1. The molecule has 0 aliphatic carbocycles. The van der Waals surface area contributed by atoms with Crippen LogP contribution in [0.1, 0.15) is 48.8 Å². The molecule has 0 spiro atoms. The van der Waals surface area contributed by atoms with E-state index in [9.17, 15) is 5.26 Å². The van der Waals surface area contributed by atoms with Crippen LogP contribution in [0, 0.1) is 11.3 Å². The first-order valence-corrected chi connectivity index (χ1v) is 9.38. The fourth-order valence-corrected chi connectivity index (χ4v) is 3.88. The lowest BCUT2D eigenvalue weighted by atomic mass is 9.63. The molecule has 0 unspecified atom stereocenters. The molecule has 26 heavy (non-hydrogen) atoms. The average Bonchev–Trinajstić information content (AvgIpc) is 2.73.